The van der Waals surface area contributed by atoms with Crippen LogP contribution in [0.1, 0.15) is 24.2 Å². The minimum Gasteiger partial charge on any atom is -0.324 e. The van der Waals surface area contributed by atoms with Crippen molar-refractivity contribution in [3.63, 3.8) is 0 Å². The Bertz CT molecular complexity index is 346. The molecule has 1 atom stereocenters. The quantitative estimate of drug-likeness (QED) is 0.627. The Morgan fingerprint density at radius 3 is 3.00 bits per heavy atom. The van der Waals surface area contributed by atoms with E-state index in [1.165, 1.54) is 0 Å². The molecule has 2 rings (SSSR count). The summed E-state index contributed by atoms with van der Waals surface area (Å²) in [6.07, 6.45) is 0. The normalized spacial score (nSPS) is 20.5. The zero-order chi connectivity index (χ0) is 8.72. The number of nitrogens with zero attached hydrogens (tertiary/aromatic N) is 1. The summed E-state index contributed by atoms with van der Waals surface area (Å²) in [6.45, 7) is 3.80. The van der Waals surface area contributed by atoms with Gasteiger partial charge in [-0.2, -0.15) is 0 Å². The van der Waals surface area contributed by atoms with E-state index in [-0.39, 0.29) is 11.8 Å². The maximum absolute atomic E-state index is 11.2. The van der Waals surface area contributed by atoms with E-state index in [4.69, 9.17) is 0 Å². The summed E-state index contributed by atoms with van der Waals surface area (Å²) in [5.41, 5.74) is 2.69. The van der Waals surface area contributed by atoms with Gasteiger partial charge in [0.05, 0.1) is 17.3 Å². The van der Waals surface area contributed by atoms with Gasteiger partial charge in [0.15, 0.2) is 0 Å². The van der Waals surface area contributed by atoms with Gasteiger partial charge in [-0.25, -0.2) is 0 Å². The molecule has 0 aromatic carbocycles. The fraction of sp³-hybridized carbons (Fsp3) is 0.333. The molecule has 0 fully saturated rings. The first-order chi connectivity index (χ1) is 5.68. The van der Waals surface area contributed by atoms with Gasteiger partial charge in [0.2, 0.25) is 5.91 Å². The molecule has 1 unspecified atom stereocenters. The summed E-state index contributed by atoms with van der Waals surface area (Å²) in [5, 5.41) is 2.77. The number of rotatable bonds is 0. The van der Waals surface area contributed by atoms with Crippen LogP contribution in [0.15, 0.2) is 12.1 Å². The van der Waals surface area contributed by atoms with Crippen LogP contribution in [-0.4, -0.2) is 10.9 Å². The van der Waals surface area contributed by atoms with E-state index in [1.807, 2.05) is 26.0 Å². The van der Waals surface area contributed by atoms with E-state index in [2.05, 4.69) is 10.3 Å². The smallest absolute Gasteiger partial charge is 0.233 e. The SMILES string of the molecule is Cc1ccc2c(n1)C(C)C(=O)N2. The van der Waals surface area contributed by atoms with Crippen LogP contribution in [0.5, 0.6) is 0 Å². The molecular weight excluding hydrogens is 152 g/mol. The van der Waals surface area contributed by atoms with Gasteiger partial charge < -0.3 is 5.32 Å². The minimum absolute atomic E-state index is 0.0445. The number of amides is 1. The van der Waals surface area contributed by atoms with Crippen molar-refractivity contribution in [1.82, 2.24) is 4.98 Å². The van der Waals surface area contributed by atoms with Gasteiger partial charge in [-0.1, -0.05) is 0 Å². The van der Waals surface area contributed by atoms with Gasteiger partial charge in [0, 0.05) is 5.69 Å². The van der Waals surface area contributed by atoms with Crippen LogP contribution in [0.25, 0.3) is 0 Å². The number of nitrogens with one attached hydrogen (secondary N) is 1. The lowest BCUT2D eigenvalue weighted by Gasteiger charge is -1.99. The summed E-state index contributed by atoms with van der Waals surface area (Å²) < 4.78 is 0. The standard InChI is InChI=1S/C9H10N2O/c1-5-3-4-7-8(10-5)6(2)9(12)11-7/h3-4,6H,1-2H3,(H,11,12). The Hall–Kier alpha value is -1.38. The van der Waals surface area contributed by atoms with Crippen molar-refractivity contribution >= 4 is 11.6 Å². The predicted octanol–water partition coefficient (Wildman–Crippen LogP) is 1.45. The highest BCUT2D eigenvalue weighted by Gasteiger charge is 2.27. The van der Waals surface area contributed by atoms with Crippen molar-refractivity contribution in [2.75, 3.05) is 5.32 Å². The Labute approximate surface area is 70.8 Å². The summed E-state index contributed by atoms with van der Waals surface area (Å²) in [7, 11) is 0. The molecule has 1 aromatic heterocycles. The maximum atomic E-state index is 11.2. The van der Waals surface area contributed by atoms with E-state index in [0.717, 1.165) is 17.1 Å². The van der Waals surface area contributed by atoms with Crippen LogP contribution in [0.4, 0.5) is 5.69 Å². The Balaban J connectivity index is 2.55. The fourth-order valence-electron chi connectivity index (χ4n) is 1.38. The topological polar surface area (TPSA) is 42.0 Å². The van der Waals surface area contributed by atoms with Crippen molar-refractivity contribution in [1.29, 1.82) is 0 Å². The second-order valence-electron chi connectivity index (χ2n) is 3.10. The molecule has 62 valence electrons. The van der Waals surface area contributed by atoms with Crippen LogP contribution < -0.4 is 5.32 Å². The number of pyridine rings is 1. The van der Waals surface area contributed by atoms with Gasteiger partial charge in [-0.15, -0.1) is 0 Å². The Morgan fingerprint density at radius 1 is 1.50 bits per heavy atom. The predicted molar refractivity (Wildman–Crippen MR) is 46.0 cm³/mol. The largest absolute Gasteiger partial charge is 0.324 e. The van der Waals surface area contributed by atoms with Crippen molar-refractivity contribution < 1.29 is 4.79 Å². The molecule has 1 amide bonds. The molecule has 1 aromatic rings. The van der Waals surface area contributed by atoms with Crippen molar-refractivity contribution in [3.8, 4) is 0 Å². The molecule has 0 spiro atoms. The number of aromatic nitrogens is 1. The first-order valence-electron chi connectivity index (χ1n) is 3.97. The van der Waals surface area contributed by atoms with Gasteiger partial charge >= 0.3 is 0 Å². The van der Waals surface area contributed by atoms with Gasteiger partial charge in [0.1, 0.15) is 0 Å². The monoisotopic (exact) mass is 162 g/mol. The third-order valence-corrected chi connectivity index (χ3v) is 2.13. The van der Waals surface area contributed by atoms with Crippen LogP contribution in [-0.2, 0) is 4.79 Å². The molecule has 3 nitrogen and oxygen atoms in total. The minimum atomic E-state index is -0.0973. The molecule has 1 N–H and O–H groups in total. The molecule has 1 aliphatic heterocycles. The van der Waals surface area contributed by atoms with Crippen LogP contribution in [0.3, 0.4) is 0 Å². The number of anilines is 1. The van der Waals surface area contributed by atoms with E-state index in [0.29, 0.717) is 0 Å². The van der Waals surface area contributed by atoms with E-state index in [9.17, 15) is 4.79 Å². The van der Waals surface area contributed by atoms with Gasteiger partial charge in [-0.05, 0) is 26.0 Å². The lowest BCUT2D eigenvalue weighted by Crippen LogP contribution is -2.08. The van der Waals surface area contributed by atoms with Crippen molar-refractivity contribution in [2.24, 2.45) is 0 Å². The van der Waals surface area contributed by atoms with Crippen LogP contribution in [0, 0.1) is 6.92 Å². The first-order valence-corrected chi connectivity index (χ1v) is 3.97. The second kappa shape index (κ2) is 2.30. The lowest BCUT2D eigenvalue weighted by molar-refractivity contribution is -0.116. The molecule has 0 bridgehead atoms. The molecule has 3 heteroatoms. The average molecular weight is 162 g/mol. The number of fused-ring (bicyclic) bond motifs is 1. The third-order valence-electron chi connectivity index (χ3n) is 2.13. The summed E-state index contributed by atoms with van der Waals surface area (Å²) in [4.78, 5) is 15.5. The molecule has 0 saturated heterocycles. The van der Waals surface area contributed by atoms with E-state index in [1.54, 1.807) is 0 Å². The summed E-state index contributed by atoms with van der Waals surface area (Å²) in [6, 6.07) is 3.80. The highest BCUT2D eigenvalue weighted by atomic mass is 16.2. The molecule has 0 aliphatic carbocycles. The molecule has 12 heavy (non-hydrogen) atoms. The highest BCUT2D eigenvalue weighted by molar-refractivity contribution is 6.01. The molecule has 0 saturated carbocycles. The summed E-state index contributed by atoms with van der Waals surface area (Å²) in [5.74, 6) is -0.0528. The Morgan fingerprint density at radius 2 is 2.25 bits per heavy atom. The number of hydrogen-bond donors (Lipinski definition) is 1. The van der Waals surface area contributed by atoms with E-state index < -0.39 is 0 Å². The number of hydrogen-bond acceptors (Lipinski definition) is 2. The average Bonchev–Trinajstić information content (AvgIpc) is 2.31. The molecule has 1 aliphatic rings. The van der Waals surface area contributed by atoms with Gasteiger partial charge in [0.25, 0.3) is 0 Å². The number of aryl methyl sites for hydroxylation is 1. The van der Waals surface area contributed by atoms with Crippen molar-refractivity contribution in [3.05, 3.63) is 23.5 Å². The van der Waals surface area contributed by atoms with Gasteiger partial charge in [-0.3, -0.25) is 9.78 Å². The van der Waals surface area contributed by atoms with Crippen LogP contribution >= 0.6 is 0 Å². The fourth-order valence-corrected chi connectivity index (χ4v) is 1.38. The Kier molecular flexibility index (Phi) is 1.40. The molecule has 0 radical (unpaired) electrons. The molecule has 2 heterocycles. The van der Waals surface area contributed by atoms with Crippen LogP contribution in [0.2, 0.25) is 0 Å². The second-order valence-corrected chi connectivity index (χ2v) is 3.10. The number of carbonyl (C=O) groups is 1. The van der Waals surface area contributed by atoms with Crippen molar-refractivity contribution in [2.45, 2.75) is 19.8 Å². The number of carbonyl (C=O) groups excluding carboxylic acids is 1. The zero-order valence-corrected chi connectivity index (χ0v) is 7.09. The first kappa shape index (κ1) is 7.28. The zero-order valence-electron chi connectivity index (χ0n) is 7.09. The summed E-state index contributed by atoms with van der Waals surface area (Å²) >= 11 is 0. The van der Waals surface area contributed by atoms with E-state index >= 15 is 0 Å². The maximum Gasteiger partial charge on any atom is 0.233 e. The molecular formula is C9H10N2O. The highest BCUT2D eigenvalue weighted by Crippen LogP contribution is 2.29. The lowest BCUT2D eigenvalue weighted by atomic mass is 10.1. The third kappa shape index (κ3) is 0.897.